The van der Waals surface area contributed by atoms with Crippen LogP contribution in [-0.2, 0) is 38.2 Å². The number of esters is 3. The molecule has 1 heterocycles. The van der Waals surface area contributed by atoms with Crippen molar-refractivity contribution in [2.45, 2.75) is 147 Å². The highest BCUT2D eigenvalue weighted by Crippen LogP contribution is 2.39. The summed E-state index contributed by atoms with van der Waals surface area (Å²) in [6.07, 6.45) is 17.2. The molecule has 2 rings (SSSR count). The zero-order chi connectivity index (χ0) is 36.4. The van der Waals surface area contributed by atoms with Gasteiger partial charge in [-0.1, -0.05) is 37.8 Å². The zero-order valence-corrected chi connectivity index (χ0v) is 30.1. The molecule has 2 amide bonds. The number of unbranched alkanes of at least 4 members (excludes halogenated alkanes) is 6. The summed E-state index contributed by atoms with van der Waals surface area (Å²) in [5.74, 6) is -1.90. The van der Waals surface area contributed by atoms with Crippen molar-refractivity contribution in [2.24, 2.45) is 11.8 Å². The van der Waals surface area contributed by atoms with E-state index in [0.29, 0.717) is 38.8 Å². The second kappa shape index (κ2) is 26.5. The van der Waals surface area contributed by atoms with Gasteiger partial charge in [0.2, 0.25) is 11.8 Å². The lowest BCUT2D eigenvalue weighted by atomic mass is 9.89. The average Bonchev–Trinajstić information content (AvgIpc) is 3.47. The van der Waals surface area contributed by atoms with Crippen LogP contribution >= 0.6 is 0 Å². The Balaban J connectivity index is 1.92. The smallest absolute Gasteiger partial charge is 0.330 e. The molecule has 0 aromatic carbocycles. The molecule has 0 aromatic heterocycles. The van der Waals surface area contributed by atoms with Crippen molar-refractivity contribution in [1.29, 1.82) is 0 Å². The van der Waals surface area contributed by atoms with Gasteiger partial charge in [0.1, 0.15) is 12.2 Å². The quantitative estimate of drug-likeness (QED) is 0.0532. The van der Waals surface area contributed by atoms with Crippen molar-refractivity contribution in [3.63, 3.8) is 0 Å². The van der Waals surface area contributed by atoms with Crippen molar-refractivity contribution in [3.8, 4) is 0 Å². The lowest BCUT2D eigenvalue weighted by Gasteiger charge is -2.25. The molecule has 12 nitrogen and oxygen atoms in total. The highest BCUT2D eigenvalue weighted by Gasteiger charge is 2.40. The maximum atomic E-state index is 13.0. The number of nitrogens with one attached hydrogen (secondary N) is 2. The summed E-state index contributed by atoms with van der Waals surface area (Å²) in [6.45, 7) is 3.34. The Morgan fingerprint density at radius 1 is 0.760 bits per heavy atom. The number of ether oxygens (including phenoxy) is 3. The van der Waals surface area contributed by atoms with Crippen molar-refractivity contribution >= 4 is 29.7 Å². The van der Waals surface area contributed by atoms with Crippen molar-refractivity contribution < 1.29 is 48.4 Å². The third kappa shape index (κ3) is 19.8. The second-order valence-corrected chi connectivity index (χ2v) is 13.5. The minimum Gasteiger partial charge on any atom is -0.462 e. The van der Waals surface area contributed by atoms with Gasteiger partial charge in [-0.05, 0) is 89.5 Å². The lowest BCUT2D eigenvalue weighted by Crippen LogP contribution is -2.28. The topological polar surface area (TPSA) is 178 Å². The minimum atomic E-state index is -0.760. The van der Waals surface area contributed by atoms with E-state index in [4.69, 9.17) is 24.4 Å². The van der Waals surface area contributed by atoms with Gasteiger partial charge in [0.05, 0.1) is 6.10 Å². The van der Waals surface area contributed by atoms with Crippen LogP contribution < -0.4 is 10.6 Å². The van der Waals surface area contributed by atoms with E-state index >= 15 is 0 Å². The van der Waals surface area contributed by atoms with Crippen molar-refractivity contribution in [3.05, 3.63) is 24.3 Å². The van der Waals surface area contributed by atoms with Gasteiger partial charge >= 0.3 is 17.9 Å². The Labute approximate surface area is 298 Å². The molecule has 2 aliphatic rings. The standard InChI is InChI=1S/C38H62N2O10/c1-29-15-7-6-8-16-30-27-31(49-36(45)19-13-17-34(43)39-23-9-2-4-11-25-41)28-32(30)33(21-22-38(47)48-29)50-37(46)20-14-18-35(44)40-24-10-3-5-12-26-42/h8,16,21-22,29-33,41-42H,2-7,9-15,17-20,23-28H2,1H3,(H,39,43)(H,40,44)/b16-8+,22-21+/t29-,30+,31-,32+,33+/m0/s1. The highest BCUT2D eigenvalue weighted by atomic mass is 16.6. The van der Waals surface area contributed by atoms with E-state index < -0.39 is 24.1 Å². The molecule has 4 N–H and O–H groups in total. The number of fused-ring (bicyclic) bond motifs is 1. The van der Waals surface area contributed by atoms with Crippen LogP contribution in [0.2, 0.25) is 0 Å². The van der Waals surface area contributed by atoms with Gasteiger partial charge in [-0.25, -0.2) is 4.79 Å². The normalized spacial score (nSPS) is 23.6. The number of aliphatic hydroxyl groups is 2. The Morgan fingerprint density at radius 2 is 1.34 bits per heavy atom. The Bertz CT molecular complexity index is 1080. The summed E-state index contributed by atoms with van der Waals surface area (Å²) >= 11 is 0. The molecule has 0 saturated heterocycles. The molecular formula is C38H62N2O10. The summed E-state index contributed by atoms with van der Waals surface area (Å²) in [5.41, 5.74) is 0. The first-order valence-corrected chi connectivity index (χ1v) is 18.9. The summed E-state index contributed by atoms with van der Waals surface area (Å²) in [5, 5.41) is 23.4. The van der Waals surface area contributed by atoms with Gasteiger partial charge in [0, 0.05) is 64.0 Å². The van der Waals surface area contributed by atoms with Gasteiger partial charge in [0.15, 0.2) is 0 Å². The lowest BCUT2D eigenvalue weighted by molar-refractivity contribution is -0.152. The van der Waals surface area contributed by atoms with Crippen LogP contribution in [0, 0.1) is 11.8 Å². The summed E-state index contributed by atoms with van der Waals surface area (Å²) in [4.78, 5) is 62.7. The Morgan fingerprint density at radius 3 is 1.94 bits per heavy atom. The average molecular weight is 707 g/mol. The molecule has 284 valence electrons. The molecule has 0 aromatic rings. The first-order valence-electron chi connectivity index (χ1n) is 18.9. The molecular weight excluding hydrogens is 644 g/mol. The SMILES string of the molecule is C[C@H]1CCC/C=C/[C@@H]2C[C@H](OC(=O)CCCC(=O)NCCCCCCO)C[C@H]2[C@H](OC(=O)CCCC(=O)NCCCCCCO)/C=C/C(=O)O1. The van der Waals surface area contributed by atoms with Gasteiger partial charge in [-0.3, -0.25) is 19.2 Å². The third-order valence-corrected chi connectivity index (χ3v) is 9.10. The molecule has 0 radical (unpaired) electrons. The van der Waals surface area contributed by atoms with E-state index in [1.807, 2.05) is 6.92 Å². The zero-order valence-electron chi connectivity index (χ0n) is 30.1. The van der Waals surface area contributed by atoms with Crippen LogP contribution in [0.3, 0.4) is 0 Å². The van der Waals surface area contributed by atoms with E-state index in [-0.39, 0.29) is 74.6 Å². The molecule has 0 spiro atoms. The van der Waals surface area contributed by atoms with Gasteiger partial charge in [-0.2, -0.15) is 0 Å². The molecule has 1 fully saturated rings. The number of amides is 2. The van der Waals surface area contributed by atoms with E-state index in [9.17, 15) is 24.0 Å². The maximum Gasteiger partial charge on any atom is 0.330 e. The number of cyclic esters (lactones) is 1. The molecule has 5 atom stereocenters. The van der Waals surface area contributed by atoms with Crippen LogP contribution in [0.4, 0.5) is 0 Å². The molecule has 1 aliphatic heterocycles. The molecule has 50 heavy (non-hydrogen) atoms. The van der Waals surface area contributed by atoms with Crippen LogP contribution in [0.15, 0.2) is 24.3 Å². The number of aliphatic hydroxyl groups excluding tert-OH is 2. The minimum absolute atomic E-state index is 0.0403. The summed E-state index contributed by atoms with van der Waals surface area (Å²) < 4.78 is 17.3. The van der Waals surface area contributed by atoms with Crippen molar-refractivity contribution in [2.75, 3.05) is 26.3 Å². The number of hydrogen-bond acceptors (Lipinski definition) is 10. The largest absolute Gasteiger partial charge is 0.462 e. The van der Waals surface area contributed by atoms with E-state index in [1.54, 1.807) is 6.08 Å². The molecule has 0 bridgehead atoms. The first-order chi connectivity index (χ1) is 24.2. The van der Waals surface area contributed by atoms with E-state index in [1.165, 1.54) is 6.08 Å². The molecule has 0 unspecified atom stereocenters. The first kappa shape index (κ1) is 42.9. The van der Waals surface area contributed by atoms with E-state index in [2.05, 4.69) is 22.8 Å². The van der Waals surface area contributed by atoms with E-state index in [0.717, 1.165) is 70.6 Å². The number of hydrogen-bond donors (Lipinski definition) is 4. The molecule has 12 heteroatoms. The van der Waals surface area contributed by atoms with Crippen LogP contribution in [0.5, 0.6) is 0 Å². The second-order valence-electron chi connectivity index (χ2n) is 13.5. The van der Waals surface area contributed by atoms with Gasteiger partial charge in [0.25, 0.3) is 0 Å². The predicted octanol–water partition coefficient (Wildman–Crippen LogP) is 4.74. The molecule has 1 saturated carbocycles. The summed E-state index contributed by atoms with van der Waals surface area (Å²) in [7, 11) is 0. The highest BCUT2D eigenvalue weighted by molar-refractivity contribution is 5.82. The predicted molar refractivity (Wildman–Crippen MR) is 188 cm³/mol. The number of carbonyl (C=O) groups is 5. The molecule has 1 aliphatic carbocycles. The Kier molecular flexibility index (Phi) is 22.8. The van der Waals surface area contributed by atoms with Crippen LogP contribution in [0.25, 0.3) is 0 Å². The number of rotatable bonds is 22. The fourth-order valence-electron chi connectivity index (χ4n) is 6.34. The third-order valence-electron chi connectivity index (χ3n) is 9.10. The Hall–Kier alpha value is -3.25. The fraction of sp³-hybridized carbons (Fsp3) is 0.763. The number of allylic oxidation sites excluding steroid dienone is 2. The summed E-state index contributed by atoms with van der Waals surface area (Å²) in [6, 6.07) is 0. The number of carbonyl (C=O) groups excluding carboxylic acids is 5. The monoisotopic (exact) mass is 706 g/mol. The van der Waals surface area contributed by atoms with Crippen LogP contribution in [0.1, 0.15) is 129 Å². The van der Waals surface area contributed by atoms with Crippen LogP contribution in [-0.4, -0.2) is 84.6 Å². The van der Waals surface area contributed by atoms with Gasteiger partial charge in [-0.15, -0.1) is 0 Å². The van der Waals surface area contributed by atoms with Crippen molar-refractivity contribution in [1.82, 2.24) is 10.6 Å². The fourth-order valence-corrected chi connectivity index (χ4v) is 6.34. The maximum absolute atomic E-state index is 13.0. The van der Waals surface area contributed by atoms with Gasteiger partial charge < -0.3 is 35.1 Å².